The molecule has 0 aliphatic carbocycles. The molecule has 164 valence electrons. The highest BCUT2D eigenvalue weighted by atomic mass is 32.1. The molecule has 2 amide bonds. The van der Waals surface area contributed by atoms with Gasteiger partial charge in [-0.15, -0.1) is 0 Å². The van der Waals surface area contributed by atoms with E-state index in [-0.39, 0.29) is 24.0 Å². The Balaban J connectivity index is 2.05. The van der Waals surface area contributed by atoms with Crippen LogP contribution in [0.1, 0.15) is 49.9 Å². The number of amides is 2. The predicted molar refractivity (Wildman–Crippen MR) is 116 cm³/mol. The third-order valence-electron chi connectivity index (χ3n) is 4.61. The Morgan fingerprint density at radius 1 is 1.27 bits per heavy atom. The fourth-order valence-electron chi connectivity index (χ4n) is 3.09. The Labute approximate surface area is 182 Å². The van der Waals surface area contributed by atoms with Gasteiger partial charge >= 0.3 is 5.97 Å². The van der Waals surface area contributed by atoms with E-state index in [2.05, 4.69) is 17.6 Å². The summed E-state index contributed by atoms with van der Waals surface area (Å²) >= 11 is 5.38. The first-order chi connectivity index (χ1) is 14.5. The lowest BCUT2D eigenvalue weighted by Crippen LogP contribution is -2.60. The van der Waals surface area contributed by atoms with Crippen LogP contribution in [0, 0.1) is 0 Å². The van der Waals surface area contributed by atoms with Gasteiger partial charge in [0.2, 0.25) is 5.91 Å². The molecule has 8 nitrogen and oxygen atoms in total. The van der Waals surface area contributed by atoms with Gasteiger partial charge in [-0.1, -0.05) is 31.9 Å². The van der Waals surface area contributed by atoms with Crippen LogP contribution in [0.15, 0.2) is 24.3 Å². The number of nitrogens with one attached hydrogen (secondary N) is 2. The molecule has 1 aliphatic heterocycles. The number of carbonyl (C=O) groups excluding carboxylic acids is 3. The molecule has 0 radical (unpaired) electrons. The number of hydrogen-bond donors (Lipinski definition) is 2. The summed E-state index contributed by atoms with van der Waals surface area (Å²) in [5, 5.41) is 5.47. The van der Waals surface area contributed by atoms with Crippen LogP contribution >= 0.6 is 12.2 Å². The van der Waals surface area contributed by atoms with Crippen molar-refractivity contribution in [2.75, 3.05) is 26.3 Å². The number of ether oxygens (including phenoxy) is 2. The molecule has 2 rings (SSSR count). The zero-order valence-electron chi connectivity index (χ0n) is 17.4. The SMILES string of the molecule is CCCCCOc1ccccc1C(=O)NC(=S)N1CCNC(=O)C1CC(=O)OCC. The quantitative estimate of drug-likeness (QED) is 0.348. The van der Waals surface area contributed by atoms with E-state index < -0.39 is 17.9 Å². The summed E-state index contributed by atoms with van der Waals surface area (Å²) < 4.78 is 10.7. The van der Waals surface area contributed by atoms with Gasteiger partial charge in [-0.25, -0.2) is 0 Å². The van der Waals surface area contributed by atoms with Gasteiger partial charge in [0.1, 0.15) is 11.8 Å². The van der Waals surface area contributed by atoms with Crippen molar-refractivity contribution < 1.29 is 23.9 Å². The fraction of sp³-hybridized carbons (Fsp3) is 0.524. The molecule has 2 N–H and O–H groups in total. The lowest BCUT2D eigenvalue weighted by molar-refractivity contribution is -0.147. The second-order valence-corrected chi connectivity index (χ2v) is 7.21. The normalized spacial score (nSPS) is 15.9. The lowest BCUT2D eigenvalue weighted by Gasteiger charge is -2.36. The number of carbonyl (C=O) groups is 3. The average Bonchev–Trinajstić information content (AvgIpc) is 2.73. The predicted octanol–water partition coefficient (Wildman–Crippen LogP) is 2.02. The molecular formula is C21H29N3O5S. The number of unbranched alkanes of at least 4 members (excludes halogenated alkanes) is 2. The summed E-state index contributed by atoms with van der Waals surface area (Å²) in [7, 11) is 0. The van der Waals surface area contributed by atoms with Crippen molar-refractivity contribution >= 4 is 35.1 Å². The molecule has 0 aromatic heterocycles. The number of esters is 1. The van der Waals surface area contributed by atoms with E-state index in [1.54, 1.807) is 36.1 Å². The van der Waals surface area contributed by atoms with E-state index in [9.17, 15) is 14.4 Å². The molecule has 1 aromatic carbocycles. The van der Waals surface area contributed by atoms with Crippen LogP contribution in [0.5, 0.6) is 5.75 Å². The molecule has 30 heavy (non-hydrogen) atoms. The highest BCUT2D eigenvalue weighted by Gasteiger charge is 2.34. The molecule has 1 aliphatic rings. The standard InChI is InChI=1S/C21H29N3O5S/c1-3-5-8-13-29-17-10-7-6-9-15(17)19(26)23-21(30)24-12-11-22-20(27)16(24)14-18(25)28-4-2/h6-7,9-10,16H,3-5,8,11-14H2,1-2H3,(H,22,27)(H,23,26,30). The summed E-state index contributed by atoms with van der Waals surface area (Å²) in [6.45, 7) is 5.30. The number of para-hydroxylation sites is 1. The van der Waals surface area contributed by atoms with Gasteiger partial charge in [0.05, 0.1) is 25.2 Å². The van der Waals surface area contributed by atoms with Crippen molar-refractivity contribution in [1.82, 2.24) is 15.5 Å². The molecule has 1 atom stereocenters. The Morgan fingerprint density at radius 2 is 2.03 bits per heavy atom. The Kier molecular flexibility index (Phi) is 9.53. The summed E-state index contributed by atoms with van der Waals surface area (Å²) in [5.41, 5.74) is 0.361. The number of rotatable bonds is 9. The Bertz CT molecular complexity index is 771. The van der Waals surface area contributed by atoms with Crippen LogP contribution in [0.2, 0.25) is 0 Å². The number of nitrogens with zero attached hydrogens (tertiary/aromatic N) is 1. The summed E-state index contributed by atoms with van der Waals surface area (Å²) in [6.07, 6.45) is 2.89. The molecule has 0 bridgehead atoms. The third-order valence-corrected chi connectivity index (χ3v) is 4.95. The lowest BCUT2D eigenvalue weighted by atomic mass is 10.1. The van der Waals surface area contributed by atoms with E-state index in [0.717, 1.165) is 19.3 Å². The van der Waals surface area contributed by atoms with Crippen molar-refractivity contribution in [2.45, 2.75) is 45.6 Å². The molecular weight excluding hydrogens is 406 g/mol. The zero-order chi connectivity index (χ0) is 21.9. The number of piperazine rings is 1. The van der Waals surface area contributed by atoms with Gasteiger partial charge < -0.3 is 19.7 Å². The average molecular weight is 436 g/mol. The van der Waals surface area contributed by atoms with Gasteiger partial charge in [0, 0.05) is 13.1 Å². The van der Waals surface area contributed by atoms with Gasteiger partial charge in [0.15, 0.2) is 5.11 Å². The molecule has 1 fully saturated rings. The van der Waals surface area contributed by atoms with Crippen LogP contribution in [0.25, 0.3) is 0 Å². The minimum absolute atomic E-state index is 0.0879. The Morgan fingerprint density at radius 3 is 2.77 bits per heavy atom. The minimum Gasteiger partial charge on any atom is -0.493 e. The Hall–Kier alpha value is -2.68. The monoisotopic (exact) mass is 435 g/mol. The van der Waals surface area contributed by atoms with E-state index in [1.165, 1.54) is 0 Å². The first-order valence-electron chi connectivity index (χ1n) is 10.2. The molecule has 9 heteroatoms. The van der Waals surface area contributed by atoms with Crippen LogP contribution in [0.4, 0.5) is 0 Å². The van der Waals surface area contributed by atoms with Crippen molar-refractivity contribution in [2.24, 2.45) is 0 Å². The molecule has 1 aromatic rings. The van der Waals surface area contributed by atoms with Gasteiger partial charge in [-0.05, 0) is 37.7 Å². The highest BCUT2D eigenvalue weighted by molar-refractivity contribution is 7.80. The number of benzene rings is 1. The molecule has 0 saturated carbocycles. The summed E-state index contributed by atoms with van der Waals surface area (Å²) in [6, 6.07) is 6.11. The summed E-state index contributed by atoms with van der Waals surface area (Å²) in [5.74, 6) is -0.768. The number of thiocarbonyl (C=S) groups is 1. The van der Waals surface area contributed by atoms with Crippen LogP contribution in [-0.4, -0.2) is 60.1 Å². The maximum absolute atomic E-state index is 12.8. The molecule has 0 spiro atoms. The fourth-order valence-corrected chi connectivity index (χ4v) is 3.40. The molecule has 1 unspecified atom stereocenters. The van der Waals surface area contributed by atoms with E-state index in [0.29, 0.717) is 31.0 Å². The molecule has 1 saturated heterocycles. The largest absolute Gasteiger partial charge is 0.493 e. The van der Waals surface area contributed by atoms with Crippen molar-refractivity contribution in [1.29, 1.82) is 0 Å². The minimum atomic E-state index is -0.828. The van der Waals surface area contributed by atoms with E-state index in [4.69, 9.17) is 21.7 Å². The number of hydrogen-bond acceptors (Lipinski definition) is 6. The van der Waals surface area contributed by atoms with Gasteiger partial charge in [-0.3, -0.25) is 19.7 Å². The maximum atomic E-state index is 12.8. The summed E-state index contributed by atoms with van der Waals surface area (Å²) in [4.78, 5) is 38.5. The van der Waals surface area contributed by atoms with Crippen molar-refractivity contribution in [3.05, 3.63) is 29.8 Å². The zero-order valence-corrected chi connectivity index (χ0v) is 18.3. The van der Waals surface area contributed by atoms with E-state index >= 15 is 0 Å². The van der Waals surface area contributed by atoms with Gasteiger partial charge in [-0.2, -0.15) is 0 Å². The maximum Gasteiger partial charge on any atom is 0.308 e. The van der Waals surface area contributed by atoms with Crippen LogP contribution < -0.4 is 15.4 Å². The smallest absolute Gasteiger partial charge is 0.308 e. The van der Waals surface area contributed by atoms with Crippen molar-refractivity contribution in [3.8, 4) is 5.75 Å². The van der Waals surface area contributed by atoms with Crippen molar-refractivity contribution in [3.63, 3.8) is 0 Å². The third kappa shape index (κ3) is 6.69. The second kappa shape index (κ2) is 12.1. The topological polar surface area (TPSA) is 97.0 Å². The van der Waals surface area contributed by atoms with E-state index in [1.807, 2.05) is 0 Å². The molecule has 1 heterocycles. The highest BCUT2D eigenvalue weighted by Crippen LogP contribution is 2.19. The van der Waals surface area contributed by atoms with Crippen LogP contribution in [-0.2, 0) is 14.3 Å². The first kappa shape index (κ1) is 23.6. The first-order valence-corrected chi connectivity index (χ1v) is 10.7. The second-order valence-electron chi connectivity index (χ2n) is 6.82. The van der Waals surface area contributed by atoms with Gasteiger partial charge in [0.25, 0.3) is 5.91 Å². The van der Waals surface area contributed by atoms with Crippen LogP contribution in [0.3, 0.4) is 0 Å².